The fourth-order valence-corrected chi connectivity index (χ4v) is 9.87. The van der Waals surface area contributed by atoms with E-state index >= 15 is 0 Å². The fourth-order valence-electron chi connectivity index (χ4n) is 8.45. The molecule has 5 N–H and O–H groups in total. The van der Waals surface area contributed by atoms with Crippen LogP contribution in [0, 0.1) is 64.2 Å². The number of pyridine rings is 4. The highest BCUT2D eigenvalue weighted by atomic mass is 35.5. The molecule has 22 nitrogen and oxygen atoms in total. The molecule has 460 valence electrons. The average molecular weight is 1300 g/mol. The number of aliphatic hydroxyl groups is 1. The van der Waals surface area contributed by atoms with Crippen molar-refractivity contribution in [1.29, 1.82) is 10.5 Å². The van der Waals surface area contributed by atoms with Gasteiger partial charge in [0.05, 0.1) is 60.5 Å². The molecule has 0 bridgehead atoms. The molecule has 27 heteroatoms. The van der Waals surface area contributed by atoms with Gasteiger partial charge in [-0.2, -0.15) is 18.9 Å². The number of hydrogen-bond acceptors (Lipinski definition) is 17. The van der Waals surface area contributed by atoms with Gasteiger partial charge in [0.2, 0.25) is 11.6 Å². The number of carboxylic acids is 1. The van der Waals surface area contributed by atoms with Gasteiger partial charge in [-0.05, 0) is 166 Å². The van der Waals surface area contributed by atoms with Crippen molar-refractivity contribution in [3.63, 3.8) is 0 Å². The number of benzene rings is 2. The van der Waals surface area contributed by atoms with Gasteiger partial charge >= 0.3 is 17.3 Å². The van der Waals surface area contributed by atoms with Crippen molar-refractivity contribution >= 4 is 74.1 Å². The standard InChI is InChI=1S/C23H21ClN4O3.C16H15N3O3.C8H10ClNO3S.C7H6ClNO2.C7H8ClNO/c1-12(2)19-20(21(29)17-6-13(3)5-15(8-17)10-25)28(23(31)27-22(19)30)11-16-7-14(4)26-18(24)9-16;1-8(2)12-13(18-16(22)19-15(12)21)14(20)11-5-9(3)4-10(6-11)7-17;1-6-3-7(4-8(9)10-6)5-13-14(2,11)12;1-4-2-5(7(10)11)3-6(8)9-4;1-5-2-6(4-10)3-7(8)9-5/h5-9,12H,11H2,1-4H3,(H,27,30,31);4-6,8H,1-3H3,(H2,18,19,21,22);3-4H,5H2,1-2H3;2-3H,1H3,(H,10,11);2-3,10H,4H2,1H3. The number of hydrogen-bond donors (Lipinski definition) is 5. The number of aromatic nitrogens is 8. The van der Waals surface area contributed by atoms with Gasteiger partial charge < -0.3 is 15.2 Å². The first-order valence-electron chi connectivity index (χ1n) is 26.2. The zero-order valence-electron chi connectivity index (χ0n) is 49.4. The molecule has 0 amide bonds. The molecule has 0 atom stereocenters. The molecule has 6 aromatic heterocycles. The number of nitriles is 2. The van der Waals surface area contributed by atoms with Crippen molar-refractivity contribution in [2.45, 2.75) is 101 Å². The van der Waals surface area contributed by atoms with Crippen LogP contribution in [0.2, 0.25) is 20.6 Å². The van der Waals surface area contributed by atoms with E-state index in [1.165, 1.54) is 28.8 Å². The largest absolute Gasteiger partial charge is 0.478 e. The van der Waals surface area contributed by atoms with Crippen molar-refractivity contribution in [2.75, 3.05) is 6.26 Å². The maximum Gasteiger partial charge on any atom is 0.335 e. The van der Waals surface area contributed by atoms with Crippen LogP contribution >= 0.6 is 46.4 Å². The second kappa shape index (κ2) is 32.3. The Kier molecular flexibility index (Phi) is 26.3. The number of aliphatic hydroxyl groups excluding tert-OH is 1. The van der Waals surface area contributed by atoms with Crippen LogP contribution in [-0.2, 0) is 34.1 Å². The number of nitrogens with zero attached hydrogens (tertiary/aromatic N) is 7. The summed E-state index contributed by atoms with van der Waals surface area (Å²) < 4.78 is 27.3. The first-order valence-corrected chi connectivity index (χ1v) is 29.5. The van der Waals surface area contributed by atoms with E-state index in [0.717, 1.165) is 34.3 Å². The Labute approximate surface area is 525 Å². The molecular formula is C61H60Cl4N10O12S. The molecule has 0 aliphatic heterocycles. The van der Waals surface area contributed by atoms with Gasteiger partial charge in [-0.25, -0.2) is 34.3 Å². The number of rotatable bonds is 13. The predicted molar refractivity (Wildman–Crippen MR) is 333 cm³/mol. The van der Waals surface area contributed by atoms with E-state index in [0.29, 0.717) is 43.9 Å². The van der Waals surface area contributed by atoms with Gasteiger partial charge in [-0.3, -0.25) is 37.9 Å². The van der Waals surface area contributed by atoms with E-state index in [4.69, 9.17) is 61.9 Å². The average Bonchev–Trinajstić information content (AvgIpc) is 2.23. The molecule has 6 heterocycles. The minimum atomic E-state index is -3.41. The fraction of sp³-hybridized carbons (Fsp3) is 0.262. The summed E-state index contributed by atoms with van der Waals surface area (Å²) in [5.41, 5.74) is 5.61. The van der Waals surface area contributed by atoms with Gasteiger partial charge in [0.15, 0.2) is 0 Å². The Morgan fingerprint density at radius 3 is 1.45 bits per heavy atom. The SMILES string of the molecule is Cc1cc(C#N)cc(C(=O)c2[nH]c(=O)[nH]c(=O)c2C(C)C)c1.Cc1cc(C#N)cc(C(=O)c2c(C(C)C)c(=O)[nH]c(=O)n2Cc2cc(C)nc(Cl)c2)c1.Cc1cc(C(=O)O)cc(Cl)n1.Cc1cc(CO)cc(Cl)n1.Cc1cc(COS(C)(=O)=O)cc(Cl)n1. The quantitative estimate of drug-likeness (QED) is 0.0407. The third kappa shape index (κ3) is 21.9. The molecule has 0 unspecified atom stereocenters. The Hall–Kier alpha value is -8.78. The monoisotopic (exact) mass is 1300 g/mol. The lowest BCUT2D eigenvalue weighted by atomic mass is 9.95. The van der Waals surface area contributed by atoms with Crippen LogP contribution < -0.4 is 22.5 Å². The van der Waals surface area contributed by atoms with E-state index in [1.54, 1.807) is 123 Å². The highest BCUT2D eigenvalue weighted by molar-refractivity contribution is 7.85. The highest BCUT2D eigenvalue weighted by Crippen LogP contribution is 2.23. The molecule has 8 rings (SSSR count). The molecule has 0 saturated carbocycles. The van der Waals surface area contributed by atoms with Crippen molar-refractivity contribution in [2.24, 2.45) is 0 Å². The minimum Gasteiger partial charge on any atom is -0.478 e. The van der Waals surface area contributed by atoms with Gasteiger partial charge in [-0.1, -0.05) is 74.1 Å². The maximum absolute atomic E-state index is 13.6. The molecule has 8 aromatic rings. The van der Waals surface area contributed by atoms with E-state index in [1.807, 2.05) is 19.1 Å². The lowest BCUT2D eigenvalue weighted by Gasteiger charge is -2.18. The van der Waals surface area contributed by atoms with Crippen molar-refractivity contribution < 1.29 is 37.2 Å². The summed E-state index contributed by atoms with van der Waals surface area (Å²) in [6.45, 7) is 17.7. The Balaban J connectivity index is 0.000000253. The zero-order chi connectivity index (χ0) is 66.1. The molecule has 0 aliphatic carbocycles. The second-order valence-electron chi connectivity index (χ2n) is 20.2. The van der Waals surface area contributed by atoms with Crippen LogP contribution in [0.1, 0.15) is 155 Å². The minimum absolute atomic E-state index is 0.00354. The van der Waals surface area contributed by atoms with E-state index in [9.17, 15) is 47.2 Å². The van der Waals surface area contributed by atoms with Crippen LogP contribution in [0.25, 0.3) is 0 Å². The van der Waals surface area contributed by atoms with Gasteiger partial charge in [0.1, 0.15) is 26.3 Å². The first-order chi connectivity index (χ1) is 41.1. The predicted octanol–water partition coefficient (Wildman–Crippen LogP) is 9.87. The second-order valence-corrected chi connectivity index (χ2v) is 23.4. The van der Waals surface area contributed by atoms with E-state index in [2.05, 4.69) is 39.1 Å². The number of aromatic carboxylic acids is 1. The summed E-state index contributed by atoms with van der Waals surface area (Å²) in [4.78, 5) is 108. The van der Waals surface area contributed by atoms with Gasteiger partial charge in [-0.15, -0.1) is 0 Å². The number of carbonyl (C=O) groups is 3. The summed E-state index contributed by atoms with van der Waals surface area (Å²) in [6, 6.07) is 26.4. The molecular weight excluding hydrogens is 1240 g/mol. The number of carbonyl (C=O) groups excluding carboxylic acids is 2. The Morgan fingerprint density at radius 1 is 0.580 bits per heavy atom. The van der Waals surface area contributed by atoms with Crippen LogP contribution in [-0.4, -0.2) is 81.9 Å². The normalized spacial score (nSPS) is 10.6. The number of aromatic amines is 3. The molecule has 0 saturated heterocycles. The highest BCUT2D eigenvalue weighted by Gasteiger charge is 2.26. The third-order valence-electron chi connectivity index (χ3n) is 11.8. The number of halogens is 4. The van der Waals surface area contributed by atoms with Crippen molar-refractivity contribution in [3.05, 3.63) is 248 Å². The molecule has 0 aliphatic rings. The van der Waals surface area contributed by atoms with Crippen LogP contribution in [0.3, 0.4) is 0 Å². The number of nitrogens with one attached hydrogen (secondary N) is 3. The van der Waals surface area contributed by atoms with Crippen LogP contribution in [0.4, 0.5) is 0 Å². The molecule has 88 heavy (non-hydrogen) atoms. The van der Waals surface area contributed by atoms with Crippen molar-refractivity contribution in [3.8, 4) is 12.1 Å². The summed E-state index contributed by atoms with van der Waals surface area (Å²) in [7, 11) is -3.41. The third-order valence-corrected chi connectivity index (χ3v) is 13.1. The van der Waals surface area contributed by atoms with Crippen LogP contribution in [0.5, 0.6) is 0 Å². The van der Waals surface area contributed by atoms with Gasteiger partial charge in [0, 0.05) is 45.0 Å². The molecule has 0 spiro atoms. The summed E-state index contributed by atoms with van der Waals surface area (Å²) in [5, 5.41) is 36.8. The maximum atomic E-state index is 13.6. The summed E-state index contributed by atoms with van der Waals surface area (Å²) in [5.74, 6) is -2.52. The lowest BCUT2D eigenvalue weighted by Crippen LogP contribution is -2.38. The number of ketones is 2. The van der Waals surface area contributed by atoms with E-state index < -0.39 is 50.2 Å². The Morgan fingerprint density at radius 2 is 1.01 bits per heavy atom. The molecule has 2 aromatic carbocycles. The topological polar surface area (TPSA) is 355 Å². The summed E-state index contributed by atoms with van der Waals surface area (Å²) >= 11 is 22.9. The van der Waals surface area contributed by atoms with Crippen LogP contribution in [0.15, 0.2) is 104 Å². The number of carboxylic acid groups (broad SMARTS) is 1. The van der Waals surface area contributed by atoms with Crippen molar-refractivity contribution in [1.82, 2.24) is 39.5 Å². The summed E-state index contributed by atoms with van der Waals surface area (Å²) in [6.07, 6.45) is 1.00. The lowest BCUT2D eigenvalue weighted by molar-refractivity contribution is 0.0696. The zero-order valence-corrected chi connectivity index (χ0v) is 53.2. The smallest absolute Gasteiger partial charge is 0.335 e. The first kappa shape index (κ1) is 71.7. The molecule has 0 radical (unpaired) electrons. The van der Waals surface area contributed by atoms with Gasteiger partial charge in [0.25, 0.3) is 21.2 Å². The molecule has 0 fully saturated rings. The number of H-pyrrole nitrogens is 3. The van der Waals surface area contributed by atoms with E-state index in [-0.39, 0.29) is 81.1 Å². The Bertz CT molecular complexity index is 4320. The number of aryl methyl sites for hydroxylation is 6.